The van der Waals surface area contributed by atoms with E-state index in [0.29, 0.717) is 12.0 Å². The zero-order chi connectivity index (χ0) is 10.6. The van der Waals surface area contributed by atoms with Crippen LogP contribution < -0.4 is 5.32 Å². The van der Waals surface area contributed by atoms with Crippen molar-refractivity contribution < 1.29 is 0 Å². The second-order valence-corrected chi connectivity index (χ2v) is 4.66. The van der Waals surface area contributed by atoms with Crippen LogP contribution in [0.15, 0.2) is 11.5 Å². The van der Waals surface area contributed by atoms with Crippen molar-refractivity contribution in [2.24, 2.45) is 13.0 Å². The monoisotopic (exact) mass is 214 g/mol. The van der Waals surface area contributed by atoms with Crippen LogP contribution in [0.1, 0.15) is 13.8 Å². The van der Waals surface area contributed by atoms with Gasteiger partial charge >= 0.3 is 0 Å². The van der Waals surface area contributed by atoms with Crippen LogP contribution in [0.3, 0.4) is 0 Å². The van der Waals surface area contributed by atoms with Gasteiger partial charge in [-0.2, -0.15) is 0 Å². The Morgan fingerprint density at radius 2 is 2.29 bits per heavy atom. The highest BCUT2D eigenvalue weighted by Gasteiger charge is 2.12. The second-order valence-electron chi connectivity index (χ2n) is 3.67. The number of aromatic nitrogens is 3. The third-order valence-electron chi connectivity index (χ3n) is 2.24. The predicted molar refractivity (Wildman–Crippen MR) is 59.4 cm³/mol. The van der Waals surface area contributed by atoms with Gasteiger partial charge in [-0.1, -0.05) is 25.6 Å². The zero-order valence-corrected chi connectivity index (χ0v) is 10.0. The van der Waals surface area contributed by atoms with Crippen LogP contribution in [0.5, 0.6) is 0 Å². The Hall–Kier alpha value is -0.550. The van der Waals surface area contributed by atoms with Crippen LogP contribution in [-0.4, -0.2) is 33.6 Å². The highest BCUT2D eigenvalue weighted by atomic mass is 32.2. The summed E-state index contributed by atoms with van der Waals surface area (Å²) in [6, 6.07) is 0.525. The third-order valence-corrected chi connectivity index (χ3v) is 3.39. The number of hydrogen-bond donors (Lipinski definition) is 1. The molecule has 0 radical (unpaired) electrons. The van der Waals surface area contributed by atoms with Crippen LogP contribution in [0.2, 0.25) is 0 Å². The van der Waals surface area contributed by atoms with E-state index in [2.05, 4.69) is 29.4 Å². The lowest BCUT2D eigenvalue weighted by Gasteiger charge is -2.18. The molecule has 1 unspecified atom stereocenters. The summed E-state index contributed by atoms with van der Waals surface area (Å²) in [5.41, 5.74) is 0. The van der Waals surface area contributed by atoms with E-state index >= 15 is 0 Å². The van der Waals surface area contributed by atoms with Crippen LogP contribution in [0, 0.1) is 5.92 Å². The molecule has 0 aromatic carbocycles. The van der Waals surface area contributed by atoms with Crippen LogP contribution in [0.4, 0.5) is 0 Å². The smallest absolute Gasteiger partial charge is 0.190 e. The molecule has 0 amide bonds. The molecule has 1 atom stereocenters. The van der Waals surface area contributed by atoms with Crippen molar-refractivity contribution in [3.8, 4) is 0 Å². The first-order chi connectivity index (χ1) is 6.65. The van der Waals surface area contributed by atoms with E-state index in [-0.39, 0.29) is 0 Å². The van der Waals surface area contributed by atoms with Crippen molar-refractivity contribution in [1.82, 2.24) is 20.1 Å². The SMILES string of the molecule is CNC(CSc1nncn1C)C(C)C. The minimum absolute atomic E-state index is 0.525. The average Bonchev–Trinajstić information content (AvgIpc) is 2.52. The molecule has 0 bridgehead atoms. The normalized spacial score (nSPS) is 13.5. The molecule has 1 aromatic rings. The lowest BCUT2D eigenvalue weighted by atomic mass is 10.1. The van der Waals surface area contributed by atoms with Gasteiger partial charge in [0.25, 0.3) is 0 Å². The van der Waals surface area contributed by atoms with E-state index in [1.54, 1.807) is 18.1 Å². The van der Waals surface area contributed by atoms with Crippen molar-refractivity contribution in [1.29, 1.82) is 0 Å². The maximum Gasteiger partial charge on any atom is 0.190 e. The molecule has 0 fully saturated rings. The van der Waals surface area contributed by atoms with E-state index in [1.807, 2.05) is 18.7 Å². The number of thioether (sulfide) groups is 1. The zero-order valence-electron chi connectivity index (χ0n) is 9.19. The molecule has 14 heavy (non-hydrogen) atoms. The third kappa shape index (κ3) is 2.99. The maximum absolute atomic E-state index is 4.03. The fraction of sp³-hybridized carbons (Fsp3) is 0.778. The van der Waals surface area contributed by atoms with Crippen LogP contribution in [-0.2, 0) is 7.05 Å². The Labute approximate surface area is 89.5 Å². The minimum atomic E-state index is 0.525. The van der Waals surface area contributed by atoms with Crippen molar-refractivity contribution in [3.63, 3.8) is 0 Å². The molecule has 1 aromatic heterocycles. The Morgan fingerprint density at radius 3 is 2.71 bits per heavy atom. The van der Waals surface area contributed by atoms with Gasteiger partial charge in [-0.05, 0) is 13.0 Å². The standard InChI is InChI=1S/C9H18N4S/c1-7(2)8(10-3)5-14-9-12-11-6-13(9)4/h6-8,10H,5H2,1-4H3. The predicted octanol–water partition coefficient (Wildman–Crippen LogP) is 1.15. The molecule has 1 N–H and O–H groups in total. The fourth-order valence-corrected chi connectivity index (χ4v) is 2.41. The molecule has 1 heterocycles. The number of hydrogen-bond acceptors (Lipinski definition) is 4. The molecule has 4 nitrogen and oxygen atoms in total. The Kier molecular flexibility index (Phi) is 4.41. The largest absolute Gasteiger partial charge is 0.316 e. The maximum atomic E-state index is 4.03. The molecule has 5 heteroatoms. The summed E-state index contributed by atoms with van der Waals surface area (Å²) in [5, 5.41) is 12.2. The van der Waals surface area contributed by atoms with Crippen LogP contribution in [0.25, 0.3) is 0 Å². The van der Waals surface area contributed by atoms with Gasteiger partial charge in [-0.3, -0.25) is 0 Å². The van der Waals surface area contributed by atoms with Crippen molar-refractivity contribution >= 4 is 11.8 Å². The molecular weight excluding hydrogens is 196 g/mol. The number of rotatable bonds is 5. The summed E-state index contributed by atoms with van der Waals surface area (Å²) >= 11 is 1.74. The van der Waals surface area contributed by atoms with E-state index in [9.17, 15) is 0 Å². The first-order valence-corrected chi connectivity index (χ1v) is 5.77. The van der Waals surface area contributed by atoms with Crippen molar-refractivity contribution in [3.05, 3.63) is 6.33 Å². The average molecular weight is 214 g/mol. The van der Waals surface area contributed by atoms with Gasteiger partial charge in [0.2, 0.25) is 0 Å². The van der Waals surface area contributed by atoms with E-state index in [4.69, 9.17) is 0 Å². The second kappa shape index (κ2) is 5.36. The molecule has 0 saturated carbocycles. The van der Waals surface area contributed by atoms with Crippen LogP contribution >= 0.6 is 11.8 Å². The minimum Gasteiger partial charge on any atom is -0.316 e. The van der Waals surface area contributed by atoms with Gasteiger partial charge in [0.1, 0.15) is 6.33 Å². The first-order valence-electron chi connectivity index (χ1n) is 4.79. The quantitative estimate of drug-likeness (QED) is 0.747. The lowest BCUT2D eigenvalue weighted by Crippen LogP contribution is -2.32. The summed E-state index contributed by atoms with van der Waals surface area (Å²) in [5.74, 6) is 1.67. The summed E-state index contributed by atoms with van der Waals surface area (Å²) in [7, 11) is 3.97. The van der Waals surface area contributed by atoms with Gasteiger partial charge in [-0.15, -0.1) is 10.2 Å². The number of nitrogens with zero attached hydrogens (tertiary/aromatic N) is 3. The van der Waals surface area contributed by atoms with Gasteiger partial charge in [0.05, 0.1) is 0 Å². The summed E-state index contributed by atoms with van der Waals surface area (Å²) in [6.45, 7) is 4.44. The Balaban J connectivity index is 2.43. The fourth-order valence-electron chi connectivity index (χ4n) is 1.18. The molecular formula is C9H18N4S. The molecule has 0 spiro atoms. The number of nitrogens with one attached hydrogen (secondary N) is 1. The van der Waals surface area contributed by atoms with E-state index in [1.165, 1.54) is 0 Å². The molecule has 1 rings (SSSR count). The molecule has 0 aliphatic rings. The Bertz CT molecular complexity index is 272. The van der Waals surface area contributed by atoms with Gasteiger partial charge < -0.3 is 9.88 Å². The summed E-state index contributed by atoms with van der Waals surface area (Å²) in [6.07, 6.45) is 1.73. The van der Waals surface area contributed by atoms with Gasteiger partial charge in [0.15, 0.2) is 5.16 Å². The topological polar surface area (TPSA) is 42.7 Å². The highest BCUT2D eigenvalue weighted by Crippen LogP contribution is 2.17. The molecule has 0 aliphatic heterocycles. The van der Waals surface area contributed by atoms with Gasteiger partial charge in [-0.25, -0.2) is 0 Å². The van der Waals surface area contributed by atoms with Crippen molar-refractivity contribution in [2.45, 2.75) is 25.0 Å². The molecule has 0 aliphatic carbocycles. The number of aryl methyl sites for hydroxylation is 1. The van der Waals surface area contributed by atoms with E-state index in [0.717, 1.165) is 10.9 Å². The molecule has 0 saturated heterocycles. The highest BCUT2D eigenvalue weighted by molar-refractivity contribution is 7.99. The van der Waals surface area contributed by atoms with E-state index < -0.39 is 0 Å². The first kappa shape index (κ1) is 11.5. The van der Waals surface area contributed by atoms with Gasteiger partial charge in [0, 0.05) is 18.8 Å². The summed E-state index contributed by atoms with van der Waals surface area (Å²) < 4.78 is 1.94. The lowest BCUT2D eigenvalue weighted by molar-refractivity contribution is 0.465. The summed E-state index contributed by atoms with van der Waals surface area (Å²) in [4.78, 5) is 0. The Morgan fingerprint density at radius 1 is 1.57 bits per heavy atom. The molecule has 80 valence electrons. The van der Waals surface area contributed by atoms with Crippen molar-refractivity contribution in [2.75, 3.05) is 12.8 Å².